The largest absolute Gasteiger partial charge is 0.345 e. The van der Waals surface area contributed by atoms with Gasteiger partial charge in [-0.05, 0) is 35.7 Å². The Kier molecular flexibility index (Phi) is 4.66. The van der Waals surface area contributed by atoms with E-state index in [2.05, 4.69) is 5.32 Å². The first-order valence-corrected chi connectivity index (χ1v) is 7.55. The van der Waals surface area contributed by atoms with Crippen LogP contribution in [0.1, 0.15) is 37.0 Å². The van der Waals surface area contributed by atoms with Crippen LogP contribution in [0.3, 0.4) is 0 Å². The van der Waals surface area contributed by atoms with E-state index in [0.29, 0.717) is 11.4 Å². The van der Waals surface area contributed by atoms with E-state index in [4.69, 9.17) is 11.6 Å². The number of hydrogen-bond donors (Lipinski definition) is 1. The molecule has 20 heavy (non-hydrogen) atoms. The number of alkyl halides is 1. The molecular weight excluding hydrogens is 270 g/mol. The molecule has 0 spiro atoms. The first-order valence-electron chi connectivity index (χ1n) is 7.01. The summed E-state index contributed by atoms with van der Waals surface area (Å²) in [5.74, 6) is 0.374. The standard InChI is InChI=1S/C17H20ClNO/c1-3-17(4-2,12-18)19-16(20)15-10-9-13-7-5-6-8-14(13)11-15/h5-11H,3-4,12H2,1-2H3,(H,19,20). The zero-order valence-corrected chi connectivity index (χ0v) is 12.7. The third-order valence-electron chi connectivity index (χ3n) is 4.00. The smallest absolute Gasteiger partial charge is 0.251 e. The molecule has 0 aliphatic heterocycles. The van der Waals surface area contributed by atoms with Gasteiger partial charge in [0.05, 0.1) is 5.54 Å². The maximum atomic E-state index is 12.4. The normalized spacial score (nSPS) is 11.6. The molecule has 2 aromatic rings. The molecule has 0 aliphatic carbocycles. The minimum atomic E-state index is -0.315. The lowest BCUT2D eigenvalue weighted by atomic mass is 9.94. The Morgan fingerprint density at radius 3 is 2.35 bits per heavy atom. The van der Waals surface area contributed by atoms with E-state index < -0.39 is 0 Å². The molecule has 0 bridgehead atoms. The van der Waals surface area contributed by atoms with Crippen LogP contribution in [-0.4, -0.2) is 17.3 Å². The van der Waals surface area contributed by atoms with Crippen molar-refractivity contribution in [1.82, 2.24) is 5.32 Å². The van der Waals surface area contributed by atoms with Crippen LogP contribution in [0.15, 0.2) is 42.5 Å². The van der Waals surface area contributed by atoms with Gasteiger partial charge < -0.3 is 5.32 Å². The lowest BCUT2D eigenvalue weighted by Crippen LogP contribution is -2.49. The second-order valence-electron chi connectivity index (χ2n) is 5.14. The molecule has 0 aromatic heterocycles. The number of halogens is 1. The molecule has 2 rings (SSSR count). The molecule has 0 aliphatic rings. The van der Waals surface area contributed by atoms with Gasteiger partial charge in [-0.1, -0.05) is 44.2 Å². The fourth-order valence-electron chi connectivity index (χ4n) is 2.29. The maximum Gasteiger partial charge on any atom is 0.251 e. The van der Waals surface area contributed by atoms with Gasteiger partial charge in [0, 0.05) is 11.4 Å². The molecular formula is C17H20ClNO. The van der Waals surface area contributed by atoms with Gasteiger partial charge in [0.25, 0.3) is 5.91 Å². The second-order valence-corrected chi connectivity index (χ2v) is 5.40. The van der Waals surface area contributed by atoms with Gasteiger partial charge in [0.1, 0.15) is 0 Å². The number of amides is 1. The van der Waals surface area contributed by atoms with Crippen molar-refractivity contribution in [3.8, 4) is 0 Å². The van der Waals surface area contributed by atoms with Crippen LogP contribution in [0.2, 0.25) is 0 Å². The first kappa shape index (κ1) is 14.9. The summed E-state index contributed by atoms with van der Waals surface area (Å²) in [4.78, 5) is 12.4. The van der Waals surface area contributed by atoms with Crippen molar-refractivity contribution in [2.75, 3.05) is 5.88 Å². The highest BCUT2D eigenvalue weighted by Crippen LogP contribution is 2.20. The lowest BCUT2D eigenvalue weighted by Gasteiger charge is -2.30. The highest BCUT2D eigenvalue weighted by Gasteiger charge is 2.27. The average molecular weight is 290 g/mol. The van der Waals surface area contributed by atoms with Gasteiger partial charge >= 0.3 is 0 Å². The summed E-state index contributed by atoms with van der Waals surface area (Å²) in [6, 6.07) is 13.8. The SMILES string of the molecule is CCC(CC)(CCl)NC(=O)c1ccc2ccccc2c1. The third-order valence-corrected chi connectivity index (χ3v) is 4.51. The summed E-state index contributed by atoms with van der Waals surface area (Å²) >= 11 is 6.04. The molecule has 2 nitrogen and oxygen atoms in total. The molecule has 0 unspecified atom stereocenters. The van der Waals surface area contributed by atoms with Crippen LogP contribution in [0.5, 0.6) is 0 Å². The van der Waals surface area contributed by atoms with E-state index in [0.717, 1.165) is 23.6 Å². The molecule has 1 N–H and O–H groups in total. The zero-order chi connectivity index (χ0) is 14.6. The van der Waals surface area contributed by atoms with Crippen LogP contribution >= 0.6 is 11.6 Å². The number of hydrogen-bond acceptors (Lipinski definition) is 1. The fourth-order valence-corrected chi connectivity index (χ4v) is 2.74. The van der Waals surface area contributed by atoms with E-state index in [-0.39, 0.29) is 11.4 Å². The predicted molar refractivity (Wildman–Crippen MR) is 85.4 cm³/mol. The molecule has 0 fully saturated rings. The molecule has 0 saturated heterocycles. The van der Waals surface area contributed by atoms with Crippen molar-refractivity contribution in [1.29, 1.82) is 0 Å². The van der Waals surface area contributed by atoms with Crippen molar-refractivity contribution in [3.05, 3.63) is 48.0 Å². The third kappa shape index (κ3) is 2.96. The van der Waals surface area contributed by atoms with E-state index >= 15 is 0 Å². The summed E-state index contributed by atoms with van der Waals surface area (Å²) in [5, 5.41) is 5.30. The molecule has 0 saturated carbocycles. The van der Waals surface area contributed by atoms with Gasteiger partial charge in [0.15, 0.2) is 0 Å². The second kappa shape index (κ2) is 6.27. The number of carbonyl (C=O) groups excluding carboxylic acids is 1. The average Bonchev–Trinajstić information content (AvgIpc) is 2.52. The predicted octanol–water partition coefficient (Wildman–Crippen LogP) is 4.37. The monoisotopic (exact) mass is 289 g/mol. The van der Waals surface area contributed by atoms with Crippen molar-refractivity contribution in [2.24, 2.45) is 0 Å². The minimum absolute atomic E-state index is 0.0555. The van der Waals surface area contributed by atoms with Gasteiger partial charge in [-0.25, -0.2) is 0 Å². The van der Waals surface area contributed by atoms with Crippen molar-refractivity contribution < 1.29 is 4.79 Å². The Bertz CT molecular complexity index is 596. The van der Waals surface area contributed by atoms with Crippen molar-refractivity contribution >= 4 is 28.3 Å². The van der Waals surface area contributed by atoms with Gasteiger partial charge in [-0.2, -0.15) is 0 Å². The van der Waals surface area contributed by atoms with Crippen molar-refractivity contribution in [2.45, 2.75) is 32.2 Å². The zero-order valence-electron chi connectivity index (χ0n) is 11.9. The molecule has 106 valence electrons. The van der Waals surface area contributed by atoms with E-state index in [9.17, 15) is 4.79 Å². The molecule has 1 amide bonds. The fraction of sp³-hybridized carbons (Fsp3) is 0.353. The van der Waals surface area contributed by atoms with Crippen LogP contribution < -0.4 is 5.32 Å². The highest BCUT2D eigenvalue weighted by atomic mass is 35.5. The summed E-state index contributed by atoms with van der Waals surface area (Å²) in [6.07, 6.45) is 1.65. The molecule has 0 radical (unpaired) electrons. The number of benzene rings is 2. The van der Waals surface area contributed by atoms with E-state index in [1.165, 1.54) is 0 Å². The number of fused-ring (bicyclic) bond motifs is 1. The van der Waals surface area contributed by atoms with Crippen LogP contribution in [0, 0.1) is 0 Å². The molecule has 2 aromatic carbocycles. The van der Waals surface area contributed by atoms with Crippen molar-refractivity contribution in [3.63, 3.8) is 0 Å². The Hall–Kier alpha value is -1.54. The molecule has 0 heterocycles. The van der Waals surface area contributed by atoms with Crippen LogP contribution in [-0.2, 0) is 0 Å². The number of rotatable bonds is 5. The summed E-state index contributed by atoms with van der Waals surface area (Å²) in [7, 11) is 0. The maximum absolute atomic E-state index is 12.4. The van der Waals surface area contributed by atoms with E-state index in [1.54, 1.807) is 0 Å². The quantitative estimate of drug-likeness (QED) is 0.814. The first-order chi connectivity index (χ1) is 9.64. The minimum Gasteiger partial charge on any atom is -0.345 e. The van der Waals surface area contributed by atoms with Gasteiger partial charge in [-0.15, -0.1) is 11.6 Å². The number of nitrogens with one attached hydrogen (secondary N) is 1. The number of carbonyl (C=O) groups is 1. The molecule has 3 heteroatoms. The van der Waals surface area contributed by atoms with Gasteiger partial charge in [-0.3, -0.25) is 4.79 Å². The highest BCUT2D eigenvalue weighted by molar-refractivity contribution is 6.19. The molecule has 0 atom stereocenters. The Morgan fingerprint density at radius 1 is 1.10 bits per heavy atom. The Balaban J connectivity index is 2.27. The summed E-state index contributed by atoms with van der Waals surface area (Å²) < 4.78 is 0. The summed E-state index contributed by atoms with van der Waals surface area (Å²) in [6.45, 7) is 4.10. The Labute approximate surface area is 125 Å². The van der Waals surface area contributed by atoms with Crippen LogP contribution in [0.4, 0.5) is 0 Å². The topological polar surface area (TPSA) is 29.1 Å². The summed E-state index contributed by atoms with van der Waals surface area (Å²) in [5.41, 5.74) is 0.365. The van der Waals surface area contributed by atoms with Crippen LogP contribution in [0.25, 0.3) is 10.8 Å². The van der Waals surface area contributed by atoms with E-state index in [1.807, 2.05) is 56.3 Å². The Morgan fingerprint density at radius 2 is 1.75 bits per heavy atom. The van der Waals surface area contributed by atoms with Gasteiger partial charge in [0.2, 0.25) is 0 Å². The lowest BCUT2D eigenvalue weighted by molar-refractivity contribution is 0.0902.